The predicted molar refractivity (Wildman–Crippen MR) is 95.0 cm³/mol. The molecule has 0 aromatic heterocycles. The van der Waals surface area contributed by atoms with Crippen LogP contribution >= 0.6 is 11.8 Å². The molecular formula is C20H22O4S. The summed E-state index contributed by atoms with van der Waals surface area (Å²) in [5.74, 6) is 0.407. The minimum atomic E-state index is -1.03. The van der Waals surface area contributed by atoms with E-state index in [0.717, 1.165) is 17.7 Å². The van der Waals surface area contributed by atoms with E-state index in [-0.39, 0.29) is 17.2 Å². The molecule has 0 unspecified atom stereocenters. The number of thioether (sulfide) groups is 1. The van der Waals surface area contributed by atoms with Crippen LogP contribution in [0.15, 0.2) is 47.1 Å². The highest BCUT2D eigenvalue weighted by Gasteiger charge is 2.85. The Morgan fingerprint density at radius 1 is 1.20 bits per heavy atom. The summed E-state index contributed by atoms with van der Waals surface area (Å²) in [7, 11) is 2.99. The van der Waals surface area contributed by atoms with Gasteiger partial charge in [-0.25, -0.2) is 0 Å². The summed E-state index contributed by atoms with van der Waals surface area (Å²) in [4.78, 5) is 27.7. The fraction of sp³-hybridized carbons (Fsp3) is 0.500. The van der Waals surface area contributed by atoms with E-state index in [2.05, 4.69) is 0 Å². The molecule has 0 N–H and O–H groups in total. The van der Waals surface area contributed by atoms with Crippen LogP contribution in [0.25, 0.3) is 0 Å². The van der Waals surface area contributed by atoms with Gasteiger partial charge in [-0.3, -0.25) is 9.59 Å². The van der Waals surface area contributed by atoms with Gasteiger partial charge in [0.1, 0.15) is 5.76 Å². The zero-order valence-corrected chi connectivity index (χ0v) is 15.5. The average molecular weight is 358 g/mol. The maximum Gasteiger partial charge on any atom is 0.321 e. The quantitative estimate of drug-likeness (QED) is 0.770. The van der Waals surface area contributed by atoms with Gasteiger partial charge in [0, 0.05) is 15.7 Å². The fourth-order valence-electron chi connectivity index (χ4n) is 5.18. The molecule has 3 aliphatic carbocycles. The minimum absolute atomic E-state index is 0.146. The van der Waals surface area contributed by atoms with Crippen molar-refractivity contribution in [3.8, 4) is 0 Å². The maximum absolute atomic E-state index is 13.5. The molecule has 2 bridgehead atoms. The Morgan fingerprint density at radius 3 is 2.44 bits per heavy atom. The Balaban J connectivity index is 1.92. The number of ketones is 1. The highest BCUT2D eigenvalue weighted by molar-refractivity contribution is 8.00. The molecule has 3 atom stereocenters. The molecule has 0 radical (unpaired) electrons. The van der Waals surface area contributed by atoms with Crippen molar-refractivity contribution in [2.45, 2.75) is 36.3 Å². The number of hydrogen-bond donors (Lipinski definition) is 0. The SMILES string of the molecule is COC(=O)[C@@]12C(OC)=CC[C@@](C)(C(=O)[C@H]1Sc1ccccc1)C21CC1. The number of rotatable bonds is 4. The van der Waals surface area contributed by atoms with Gasteiger partial charge in [0.15, 0.2) is 11.2 Å². The number of benzene rings is 1. The normalized spacial score (nSPS) is 34.6. The molecule has 2 fully saturated rings. The van der Waals surface area contributed by atoms with Crippen LogP contribution in [0.1, 0.15) is 26.2 Å². The Kier molecular flexibility index (Phi) is 3.59. The van der Waals surface area contributed by atoms with Crippen molar-refractivity contribution < 1.29 is 19.1 Å². The maximum atomic E-state index is 13.5. The highest BCUT2D eigenvalue weighted by atomic mass is 32.2. The number of carbonyl (C=O) groups excluding carboxylic acids is 2. The lowest BCUT2D eigenvalue weighted by molar-refractivity contribution is -0.158. The summed E-state index contributed by atoms with van der Waals surface area (Å²) in [6.45, 7) is 2.02. The van der Waals surface area contributed by atoms with E-state index in [9.17, 15) is 9.59 Å². The van der Waals surface area contributed by atoms with Gasteiger partial charge in [-0.2, -0.15) is 0 Å². The number of hydrogen-bond acceptors (Lipinski definition) is 5. The summed E-state index contributed by atoms with van der Waals surface area (Å²) >= 11 is 1.47. The molecule has 132 valence electrons. The van der Waals surface area contributed by atoms with Crippen molar-refractivity contribution in [3.05, 3.63) is 42.2 Å². The van der Waals surface area contributed by atoms with Gasteiger partial charge in [0.05, 0.1) is 19.5 Å². The topological polar surface area (TPSA) is 52.6 Å². The Hall–Kier alpha value is -1.75. The van der Waals surface area contributed by atoms with Crippen molar-refractivity contribution in [2.24, 2.45) is 16.2 Å². The van der Waals surface area contributed by atoms with Crippen LogP contribution in [0.3, 0.4) is 0 Å². The van der Waals surface area contributed by atoms with Crippen molar-refractivity contribution >= 4 is 23.5 Å². The molecule has 1 spiro atoms. The summed E-state index contributed by atoms with van der Waals surface area (Å²) in [6, 6.07) is 9.78. The molecule has 5 heteroatoms. The summed E-state index contributed by atoms with van der Waals surface area (Å²) in [5.41, 5.74) is -1.94. The van der Waals surface area contributed by atoms with E-state index >= 15 is 0 Å². The zero-order chi connectivity index (χ0) is 17.9. The average Bonchev–Trinajstić information content (AvgIpc) is 3.43. The number of allylic oxidation sites excluding steroid dienone is 1. The molecule has 4 rings (SSSR count). The first-order chi connectivity index (χ1) is 12.0. The van der Waals surface area contributed by atoms with Gasteiger partial charge in [-0.1, -0.05) is 25.1 Å². The molecule has 4 nitrogen and oxygen atoms in total. The van der Waals surface area contributed by atoms with Gasteiger partial charge in [-0.15, -0.1) is 11.8 Å². The van der Waals surface area contributed by atoms with Crippen molar-refractivity contribution in [1.29, 1.82) is 0 Å². The molecule has 0 heterocycles. The molecule has 3 aliphatic rings. The molecule has 1 aromatic carbocycles. The van der Waals surface area contributed by atoms with Crippen molar-refractivity contribution in [2.75, 3.05) is 14.2 Å². The monoisotopic (exact) mass is 358 g/mol. The second-order valence-corrected chi connectivity index (χ2v) is 8.54. The lowest BCUT2D eigenvalue weighted by atomic mass is 9.60. The molecule has 0 saturated heterocycles. The Labute approximate surface area is 152 Å². The number of Topliss-reactive ketones (excluding diaryl/α,β-unsaturated/α-hetero) is 1. The van der Waals surface area contributed by atoms with E-state index in [1.54, 1.807) is 7.11 Å². The Bertz CT molecular complexity index is 767. The number of esters is 1. The molecular weight excluding hydrogens is 336 g/mol. The smallest absolute Gasteiger partial charge is 0.321 e. The fourth-order valence-corrected chi connectivity index (χ4v) is 6.75. The van der Waals surface area contributed by atoms with Crippen molar-refractivity contribution in [1.82, 2.24) is 0 Å². The van der Waals surface area contributed by atoms with Crippen LogP contribution < -0.4 is 0 Å². The third-order valence-corrected chi connectivity index (χ3v) is 7.89. The third-order valence-electron chi connectivity index (χ3n) is 6.55. The summed E-state index contributed by atoms with van der Waals surface area (Å²) in [6.07, 6.45) is 4.28. The molecule has 0 aliphatic heterocycles. The summed E-state index contributed by atoms with van der Waals surface area (Å²) in [5, 5.41) is -0.524. The van der Waals surface area contributed by atoms with Crippen LogP contribution in [0.2, 0.25) is 0 Å². The van der Waals surface area contributed by atoms with E-state index in [4.69, 9.17) is 9.47 Å². The number of ether oxygens (including phenoxy) is 2. The lowest BCUT2D eigenvalue weighted by Crippen LogP contribution is -2.50. The summed E-state index contributed by atoms with van der Waals surface area (Å²) < 4.78 is 10.9. The molecule has 2 saturated carbocycles. The first-order valence-corrected chi connectivity index (χ1v) is 9.45. The van der Waals surface area contributed by atoms with Crippen LogP contribution in [0.5, 0.6) is 0 Å². The second-order valence-electron chi connectivity index (χ2n) is 7.37. The van der Waals surface area contributed by atoms with Crippen LogP contribution in [-0.2, 0) is 19.1 Å². The first-order valence-electron chi connectivity index (χ1n) is 8.57. The van der Waals surface area contributed by atoms with E-state index in [0.29, 0.717) is 12.2 Å². The largest absolute Gasteiger partial charge is 0.500 e. The van der Waals surface area contributed by atoms with E-state index < -0.39 is 16.1 Å². The van der Waals surface area contributed by atoms with Gasteiger partial charge in [-0.05, 0) is 37.5 Å². The minimum Gasteiger partial charge on any atom is -0.500 e. The standard InChI is InChI=1S/C20H22O4S/c1-18-10-9-14(23-2)20(17(22)24-3,19(18)11-12-19)16(15(18)21)25-13-7-5-4-6-8-13/h4-9,16H,10-12H2,1-3H3/t16-,18+,20-/m1/s1. The molecule has 0 amide bonds. The van der Waals surface area contributed by atoms with E-state index in [1.807, 2.05) is 43.3 Å². The number of methoxy groups -OCH3 is 2. The predicted octanol–water partition coefficient (Wildman–Crippen LogP) is 3.61. The van der Waals surface area contributed by atoms with E-state index in [1.165, 1.54) is 18.9 Å². The Morgan fingerprint density at radius 2 is 1.88 bits per heavy atom. The molecule has 1 aromatic rings. The number of carbonyl (C=O) groups is 2. The van der Waals surface area contributed by atoms with Gasteiger partial charge < -0.3 is 9.47 Å². The van der Waals surface area contributed by atoms with Crippen LogP contribution in [-0.4, -0.2) is 31.2 Å². The molecule has 25 heavy (non-hydrogen) atoms. The van der Waals surface area contributed by atoms with Crippen molar-refractivity contribution in [3.63, 3.8) is 0 Å². The highest BCUT2D eigenvalue weighted by Crippen LogP contribution is 2.81. The third kappa shape index (κ3) is 1.80. The van der Waals surface area contributed by atoms with Crippen LogP contribution in [0.4, 0.5) is 0 Å². The zero-order valence-electron chi connectivity index (χ0n) is 14.7. The second kappa shape index (κ2) is 5.37. The van der Waals surface area contributed by atoms with Gasteiger partial charge >= 0.3 is 5.97 Å². The van der Waals surface area contributed by atoms with Gasteiger partial charge in [0.25, 0.3) is 0 Å². The lowest BCUT2D eigenvalue weighted by Gasteiger charge is -2.44. The first kappa shape index (κ1) is 16.7. The van der Waals surface area contributed by atoms with Crippen LogP contribution in [0, 0.1) is 16.2 Å². The van der Waals surface area contributed by atoms with Gasteiger partial charge in [0.2, 0.25) is 0 Å².